The highest BCUT2D eigenvalue weighted by Crippen LogP contribution is 2.39. The lowest BCUT2D eigenvalue weighted by Crippen LogP contribution is -2.41. The maximum atomic E-state index is 11.9. The minimum atomic E-state index is -0.281. The first kappa shape index (κ1) is 16.2. The molecule has 2 N–H and O–H groups in total. The summed E-state index contributed by atoms with van der Waals surface area (Å²) < 4.78 is 1.99. The van der Waals surface area contributed by atoms with Crippen LogP contribution in [0.1, 0.15) is 36.0 Å². The van der Waals surface area contributed by atoms with Crippen LogP contribution >= 0.6 is 0 Å². The molecule has 1 aliphatic rings. The smallest absolute Gasteiger partial charge is 0.225 e. The molecule has 0 bridgehead atoms. The Morgan fingerprint density at radius 1 is 1.27 bits per heavy atom. The van der Waals surface area contributed by atoms with Crippen LogP contribution in [0.5, 0.6) is 0 Å². The van der Waals surface area contributed by atoms with Gasteiger partial charge in [0.05, 0.1) is 17.0 Å². The zero-order valence-corrected chi connectivity index (χ0v) is 14.6. The summed E-state index contributed by atoms with van der Waals surface area (Å²) in [6.45, 7) is 2.72. The molecule has 0 aliphatic carbocycles. The van der Waals surface area contributed by atoms with Crippen molar-refractivity contribution in [3.05, 3.63) is 71.5 Å². The minimum absolute atomic E-state index is 0.150. The number of anilines is 1. The number of aromatic nitrogens is 1. The molecule has 4 rings (SSSR count). The average molecular weight is 344 g/mol. The van der Waals surface area contributed by atoms with Gasteiger partial charge in [0.2, 0.25) is 5.91 Å². The molecule has 2 aromatic heterocycles. The maximum Gasteiger partial charge on any atom is 0.225 e. The second-order valence-electron chi connectivity index (χ2n) is 6.86. The van der Waals surface area contributed by atoms with Crippen LogP contribution in [0.25, 0.3) is 5.52 Å². The van der Waals surface area contributed by atoms with Gasteiger partial charge in [-0.05, 0) is 37.1 Å². The quantitative estimate of drug-likeness (QED) is 0.793. The van der Waals surface area contributed by atoms with Crippen LogP contribution < -0.4 is 10.6 Å². The van der Waals surface area contributed by atoms with Gasteiger partial charge in [0.1, 0.15) is 6.07 Å². The van der Waals surface area contributed by atoms with Crippen molar-refractivity contribution in [3.63, 3.8) is 0 Å². The van der Waals surface area contributed by atoms with Gasteiger partial charge in [0.15, 0.2) is 0 Å². The molecular formula is C21H20N4O. The van der Waals surface area contributed by atoms with Gasteiger partial charge in [-0.1, -0.05) is 24.3 Å². The normalized spacial score (nSPS) is 19.2. The summed E-state index contributed by atoms with van der Waals surface area (Å²) in [5.41, 5.74) is 10.2. The standard InChI is InChI=1S/C21H20N4O/c1-14-10-17(21(23)26)16-6-2-3-8-20(16)25(14)13-15-12-24-9-5-4-7-19(24)18(15)11-22/h2-9,12,14,17H,10,13H2,1H3,(H2,23,26)/t14-,17-/m1/s1. The average Bonchev–Trinajstić information content (AvgIpc) is 3.00. The van der Waals surface area contributed by atoms with Crippen molar-refractivity contribution in [1.29, 1.82) is 5.26 Å². The van der Waals surface area contributed by atoms with Gasteiger partial charge in [-0.25, -0.2) is 0 Å². The molecule has 26 heavy (non-hydrogen) atoms. The van der Waals surface area contributed by atoms with Crippen molar-refractivity contribution in [3.8, 4) is 6.07 Å². The number of fused-ring (bicyclic) bond motifs is 2. The fraction of sp³-hybridized carbons (Fsp3) is 0.238. The van der Waals surface area contributed by atoms with Crippen molar-refractivity contribution >= 4 is 17.1 Å². The van der Waals surface area contributed by atoms with Gasteiger partial charge in [0, 0.05) is 36.2 Å². The van der Waals surface area contributed by atoms with Crippen LogP contribution in [0.4, 0.5) is 5.69 Å². The Bertz CT molecular complexity index is 1030. The molecule has 3 aromatic rings. The number of hydrogen-bond donors (Lipinski definition) is 1. The second-order valence-corrected chi connectivity index (χ2v) is 6.86. The summed E-state index contributed by atoms with van der Waals surface area (Å²) in [4.78, 5) is 14.2. The highest BCUT2D eigenvalue weighted by atomic mass is 16.1. The van der Waals surface area contributed by atoms with E-state index in [-0.39, 0.29) is 17.9 Å². The number of primary amides is 1. The molecule has 1 aliphatic heterocycles. The highest BCUT2D eigenvalue weighted by molar-refractivity contribution is 5.85. The summed E-state index contributed by atoms with van der Waals surface area (Å²) in [6, 6.07) is 16.3. The second kappa shape index (κ2) is 6.23. The fourth-order valence-electron chi connectivity index (χ4n) is 4.00. The zero-order valence-electron chi connectivity index (χ0n) is 14.6. The summed E-state index contributed by atoms with van der Waals surface area (Å²) in [7, 11) is 0. The first-order valence-electron chi connectivity index (χ1n) is 8.73. The molecule has 0 unspecified atom stereocenters. The molecule has 5 heteroatoms. The number of pyridine rings is 1. The summed E-state index contributed by atoms with van der Waals surface area (Å²) in [5.74, 6) is -0.544. The summed E-state index contributed by atoms with van der Waals surface area (Å²) >= 11 is 0. The molecule has 0 radical (unpaired) electrons. The Kier molecular flexibility index (Phi) is 3.89. The van der Waals surface area contributed by atoms with Crippen LogP contribution in [-0.4, -0.2) is 16.3 Å². The minimum Gasteiger partial charge on any atom is -0.369 e. The molecule has 0 saturated carbocycles. The van der Waals surface area contributed by atoms with E-state index in [1.54, 1.807) is 0 Å². The van der Waals surface area contributed by atoms with E-state index in [0.717, 1.165) is 22.3 Å². The predicted octanol–water partition coefficient (Wildman–Crippen LogP) is 3.18. The van der Waals surface area contributed by atoms with Gasteiger partial charge in [-0.15, -0.1) is 0 Å². The molecule has 0 saturated heterocycles. The zero-order chi connectivity index (χ0) is 18.3. The Balaban J connectivity index is 1.78. The number of nitriles is 1. The van der Waals surface area contributed by atoms with Crippen LogP contribution in [0.15, 0.2) is 54.9 Å². The fourth-order valence-corrected chi connectivity index (χ4v) is 4.00. The van der Waals surface area contributed by atoms with Crippen LogP contribution in [-0.2, 0) is 11.3 Å². The Morgan fingerprint density at radius 2 is 2.04 bits per heavy atom. The van der Waals surface area contributed by atoms with Gasteiger partial charge in [-0.3, -0.25) is 4.79 Å². The van der Waals surface area contributed by atoms with E-state index in [4.69, 9.17) is 5.73 Å². The molecule has 0 spiro atoms. The van der Waals surface area contributed by atoms with E-state index >= 15 is 0 Å². The maximum absolute atomic E-state index is 11.9. The topological polar surface area (TPSA) is 74.5 Å². The number of hydrogen-bond acceptors (Lipinski definition) is 3. The van der Waals surface area contributed by atoms with E-state index < -0.39 is 0 Å². The molecule has 5 nitrogen and oxygen atoms in total. The number of carbonyl (C=O) groups is 1. The number of amides is 1. The number of rotatable bonds is 3. The first-order valence-corrected chi connectivity index (χ1v) is 8.73. The van der Waals surface area contributed by atoms with Crippen molar-refractivity contribution in [2.75, 3.05) is 4.90 Å². The molecule has 2 atom stereocenters. The number of nitrogens with two attached hydrogens (primary N) is 1. The Labute approximate surface area is 152 Å². The van der Waals surface area contributed by atoms with Gasteiger partial charge >= 0.3 is 0 Å². The number of para-hydroxylation sites is 1. The number of nitrogens with zero attached hydrogens (tertiary/aromatic N) is 3. The van der Waals surface area contributed by atoms with E-state index in [0.29, 0.717) is 18.5 Å². The third kappa shape index (κ3) is 2.51. The van der Waals surface area contributed by atoms with Gasteiger partial charge < -0.3 is 15.0 Å². The third-order valence-corrected chi connectivity index (χ3v) is 5.29. The molecule has 1 aromatic carbocycles. The Morgan fingerprint density at radius 3 is 2.81 bits per heavy atom. The van der Waals surface area contributed by atoms with Crippen LogP contribution in [0, 0.1) is 11.3 Å². The monoisotopic (exact) mass is 344 g/mol. The predicted molar refractivity (Wildman–Crippen MR) is 101 cm³/mol. The van der Waals surface area contributed by atoms with Gasteiger partial charge in [0.25, 0.3) is 0 Å². The number of carbonyl (C=O) groups excluding carboxylic acids is 1. The lowest BCUT2D eigenvalue weighted by atomic mass is 9.85. The molecule has 3 heterocycles. The SMILES string of the molecule is C[C@@H]1C[C@@H](C(N)=O)c2ccccc2N1Cc1cn2ccccc2c1C#N. The van der Waals surface area contributed by atoms with Gasteiger partial charge in [-0.2, -0.15) is 5.26 Å². The molecule has 1 amide bonds. The van der Waals surface area contributed by atoms with E-state index in [1.165, 1.54) is 0 Å². The largest absolute Gasteiger partial charge is 0.369 e. The van der Waals surface area contributed by atoms with Crippen molar-refractivity contribution in [2.45, 2.75) is 31.8 Å². The first-order chi connectivity index (χ1) is 12.6. The number of benzene rings is 1. The highest BCUT2D eigenvalue weighted by Gasteiger charge is 2.33. The van der Waals surface area contributed by atoms with Crippen molar-refractivity contribution in [2.24, 2.45) is 5.73 Å². The molecular weight excluding hydrogens is 324 g/mol. The van der Waals surface area contributed by atoms with E-state index in [2.05, 4.69) is 17.9 Å². The lowest BCUT2D eigenvalue weighted by molar-refractivity contribution is -0.119. The van der Waals surface area contributed by atoms with Crippen LogP contribution in [0.2, 0.25) is 0 Å². The Hall–Kier alpha value is -3.26. The molecule has 0 fully saturated rings. The van der Waals surface area contributed by atoms with Crippen molar-refractivity contribution < 1.29 is 4.79 Å². The lowest BCUT2D eigenvalue weighted by Gasteiger charge is -2.40. The summed E-state index contributed by atoms with van der Waals surface area (Å²) in [6.07, 6.45) is 4.65. The van der Waals surface area contributed by atoms with E-state index in [9.17, 15) is 10.1 Å². The summed E-state index contributed by atoms with van der Waals surface area (Å²) in [5, 5.41) is 9.67. The molecule has 130 valence electrons. The van der Waals surface area contributed by atoms with Crippen molar-refractivity contribution in [1.82, 2.24) is 4.40 Å². The van der Waals surface area contributed by atoms with E-state index in [1.807, 2.05) is 59.3 Å². The van der Waals surface area contributed by atoms with Crippen LogP contribution in [0.3, 0.4) is 0 Å². The third-order valence-electron chi connectivity index (χ3n) is 5.29.